The molecule has 4 heteroatoms. The first-order chi connectivity index (χ1) is 15.7. The summed E-state index contributed by atoms with van der Waals surface area (Å²) in [5, 5.41) is 0. The number of benzene rings is 1. The van der Waals surface area contributed by atoms with E-state index in [0.717, 1.165) is 12.3 Å². The summed E-state index contributed by atoms with van der Waals surface area (Å²) < 4.78 is 17.5. The molecule has 0 heterocycles. The maximum atomic E-state index is 12.7. The normalized spacial score (nSPS) is 44.1. The number of ether oxygens (including phenoxy) is 3. The van der Waals surface area contributed by atoms with Crippen LogP contribution in [0.25, 0.3) is 0 Å². The van der Waals surface area contributed by atoms with E-state index >= 15 is 0 Å². The van der Waals surface area contributed by atoms with Crippen molar-refractivity contribution in [1.82, 2.24) is 0 Å². The average molecular weight is 455 g/mol. The second-order valence-corrected chi connectivity index (χ2v) is 12.6. The zero-order chi connectivity index (χ0) is 23.3. The lowest BCUT2D eigenvalue weighted by Gasteiger charge is -2.64. The van der Waals surface area contributed by atoms with Gasteiger partial charge in [-0.3, -0.25) is 0 Å². The third kappa shape index (κ3) is 3.76. The minimum absolute atomic E-state index is 0.0599. The second kappa shape index (κ2) is 8.37. The second-order valence-electron chi connectivity index (χ2n) is 12.6. The first kappa shape index (κ1) is 23.4. The Balaban J connectivity index is 1.35. The van der Waals surface area contributed by atoms with Crippen molar-refractivity contribution in [2.75, 3.05) is 20.5 Å². The average Bonchev–Trinajstić information content (AvgIpc) is 3.00. The van der Waals surface area contributed by atoms with E-state index in [0.29, 0.717) is 47.2 Å². The lowest BCUT2D eigenvalue weighted by atomic mass is 9.40. The molecule has 2 bridgehead atoms. The largest absolute Gasteiger partial charge is 0.462 e. The van der Waals surface area contributed by atoms with Crippen molar-refractivity contribution in [3.05, 3.63) is 35.9 Å². The van der Waals surface area contributed by atoms with Gasteiger partial charge in [-0.05, 0) is 91.6 Å². The summed E-state index contributed by atoms with van der Waals surface area (Å²) in [6, 6.07) is 9.44. The Morgan fingerprint density at radius 1 is 1.00 bits per heavy atom. The molecule has 5 rings (SSSR count). The number of carbonyl (C=O) groups is 1. The van der Waals surface area contributed by atoms with Crippen LogP contribution in [0.2, 0.25) is 0 Å². The summed E-state index contributed by atoms with van der Waals surface area (Å²) in [5.74, 6) is 1.18. The van der Waals surface area contributed by atoms with E-state index in [4.69, 9.17) is 14.2 Å². The van der Waals surface area contributed by atoms with Crippen LogP contribution in [0.1, 0.15) is 88.9 Å². The van der Waals surface area contributed by atoms with Gasteiger partial charge in [0.1, 0.15) is 6.79 Å². The molecule has 7 atom stereocenters. The predicted octanol–water partition coefficient (Wildman–Crippen LogP) is 6.64. The minimum Gasteiger partial charge on any atom is -0.462 e. The number of hydrogen-bond acceptors (Lipinski definition) is 4. The Hall–Kier alpha value is -1.39. The zero-order valence-corrected chi connectivity index (χ0v) is 21.0. The van der Waals surface area contributed by atoms with Crippen LogP contribution in [0.3, 0.4) is 0 Å². The zero-order valence-electron chi connectivity index (χ0n) is 21.0. The van der Waals surface area contributed by atoms with Gasteiger partial charge in [-0.1, -0.05) is 45.4 Å². The SMILES string of the molecule is COCO[C@@H]1C[C@]23CC[C@@H]4[C@](C)(COC(=O)c5ccccc5)CCC[C@@]4(C)[C@@H]2CC[C@@]1(C)C3. The van der Waals surface area contributed by atoms with Gasteiger partial charge >= 0.3 is 5.97 Å². The predicted molar refractivity (Wildman–Crippen MR) is 129 cm³/mol. The molecule has 4 fully saturated rings. The molecule has 0 amide bonds. The summed E-state index contributed by atoms with van der Waals surface area (Å²) in [5.41, 5.74) is 1.74. The molecule has 0 aromatic heterocycles. The van der Waals surface area contributed by atoms with Gasteiger partial charge in [0.05, 0.1) is 18.3 Å². The molecule has 0 aliphatic heterocycles. The van der Waals surface area contributed by atoms with Crippen LogP contribution >= 0.6 is 0 Å². The molecule has 4 aliphatic carbocycles. The standard InChI is InChI=1S/C29H42O4/c1-26-15-11-23-28(3)14-8-13-27(2,19-32-25(30)21-9-6-5-7-10-21)22(28)12-16-29(23,18-26)17-24(26)33-20-31-4/h5-7,9-10,22-24H,8,11-20H2,1-4H3/t22-,23+,24-,26+,27+,28-,29+/m1/s1. The fraction of sp³-hybridized carbons (Fsp3) is 0.759. The molecular formula is C29H42O4. The number of methoxy groups -OCH3 is 1. The summed E-state index contributed by atoms with van der Waals surface area (Å²) >= 11 is 0. The molecule has 0 radical (unpaired) electrons. The van der Waals surface area contributed by atoms with Gasteiger partial charge in [-0.2, -0.15) is 0 Å². The van der Waals surface area contributed by atoms with Gasteiger partial charge in [-0.25, -0.2) is 4.79 Å². The van der Waals surface area contributed by atoms with E-state index in [1.54, 1.807) is 7.11 Å². The monoisotopic (exact) mass is 454 g/mol. The molecule has 0 saturated heterocycles. The van der Waals surface area contributed by atoms with Crippen LogP contribution in [-0.2, 0) is 14.2 Å². The van der Waals surface area contributed by atoms with Gasteiger partial charge in [0, 0.05) is 12.5 Å². The maximum absolute atomic E-state index is 12.7. The van der Waals surface area contributed by atoms with Gasteiger partial charge in [0.15, 0.2) is 0 Å². The van der Waals surface area contributed by atoms with Crippen LogP contribution in [0.4, 0.5) is 0 Å². The van der Waals surface area contributed by atoms with Crippen molar-refractivity contribution in [2.45, 2.75) is 84.7 Å². The Morgan fingerprint density at radius 2 is 1.76 bits per heavy atom. The Bertz CT molecular complexity index is 870. The number of rotatable bonds is 6. The van der Waals surface area contributed by atoms with Gasteiger partial charge in [-0.15, -0.1) is 0 Å². The number of fused-ring (bicyclic) bond motifs is 3. The molecular weight excluding hydrogens is 412 g/mol. The van der Waals surface area contributed by atoms with Gasteiger partial charge in [0.2, 0.25) is 0 Å². The van der Waals surface area contributed by atoms with Gasteiger partial charge < -0.3 is 14.2 Å². The highest BCUT2D eigenvalue weighted by atomic mass is 16.7. The molecule has 1 aromatic carbocycles. The molecule has 4 saturated carbocycles. The summed E-state index contributed by atoms with van der Waals surface area (Å²) in [6.07, 6.45) is 11.7. The Labute approximate surface area is 199 Å². The lowest BCUT2D eigenvalue weighted by Crippen LogP contribution is -2.57. The van der Waals surface area contributed by atoms with Crippen molar-refractivity contribution < 1.29 is 19.0 Å². The topological polar surface area (TPSA) is 44.8 Å². The highest BCUT2D eigenvalue weighted by molar-refractivity contribution is 5.89. The quantitative estimate of drug-likeness (QED) is 0.357. The number of carbonyl (C=O) groups excluding carboxylic acids is 1. The molecule has 0 N–H and O–H groups in total. The van der Waals surface area contributed by atoms with E-state index in [1.165, 1.54) is 51.4 Å². The molecule has 4 nitrogen and oxygen atoms in total. The first-order valence-corrected chi connectivity index (χ1v) is 13.1. The molecule has 0 unspecified atom stereocenters. The van der Waals surface area contributed by atoms with E-state index in [2.05, 4.69) is 20.8 Å². The fourth-order valence-electron chi connectivity index (χ4n) is 9.31. The van der Waals surface area contributed by atoms with Crippen LogP contribution in [0.15, 0.2) is 30.3 Å². The van der Waals surface area contributed by atoms with Crippen LogP contribution in [-0.4, -0.2) is 32.6 Å². The maximum Gasteiger partial charge on any atom is 0.338 e. The smallest absolute Gasteiger partial charge is 0.338 e. The Morgan fingerprint density at radius 3 is 2.52 bits per heavy atom. The summed E-state index contributed by atoms with van der Waals surface area (Å²) in [6.45, 7) is 8.40. The Kier molecular flexibility index (Phi) is 5.93. The van der Waals surface area contributed by atoms with Crippen molar-refractivity contribution in [1.29, 1.82) is 0 Å². The van der Waals surface area contributed by atoms with E-state index in [1.807, 2.05) is 30.3 Å². The molecule has 182 valence electrons. The highest BCUT2D eigenvalue weighted by Gasteiger charge is 2.67. The summed E-state index contributed by atoms with van der Waals surface area (Å²) in [4.78, 5) is 12.7. The molecule has 1 spiro atoms. The third-order valence-electron chi connectivity index (χ3n) is 10.6. The minimum atomic E-state index is -0.182. The van der Waals surface area contributed by atoms with Crippen molar-refractivity contribution in [3.8, 4) is 0 Å². The summed E-state index contributed by atoms with van der Waals surface area (Å²) in [7, 11) is 1.73. The van der Waals surface area contributed by atoms with Crippen LogP contribution in [0.5, 0.6) is 0 Å². The van der Waals surface area contributed by atoms with E-state index in [-0.39, 0.29) is 11.4 Å². The highest BCUT2D eigenvalue weighted by Crippen LogP contribution is 2.74. The van der Waals surface area contributed by atoms with E-state index in [9.17, 15) is 4.79 Å². The number of esters is 1. The van der Waals surface area contributed by atoms with Crippen molar-refractivity contribution >= 4 is 5.97 Å². The van der Waals surface area contributed by atoms with Crippen LogP contribution in [0, 0.1) is 33.5 Å². The molecule has 33 heavy (non-hydrogen) atoms. The molecule has 4 aliphatic rings. The third-order valence-corrected chi connectivity index (χ3v) is 10.6. The van der Waals surface area contributed by atoms with Crippen molar-refractivity contribution in [3.63, 3.8) is 0 Å². The fourth-order valence-corrected chi connectivity index (χ4v) is 9.31. The van der Waals surface area contributed by atoms with Gasteiger partial charge in [0.25, 0.3) is 0 Å². The first-order valence-electron chi connectivity index (χ1n) is 13.1. The van der Waals surface area contributed by atoms with E-state index < -0.39 is 0 Å². The number of hydrogen-bond donors (Lipinski definition) is 0. The van der Waals surface area contributed by atoms with Crippen LogP contribution < -0.4 is 0 Å². The lowest BCUT2D eigenvalue weighted by molar-refractivity contribution is -0.164. The van der Waals surface area contributed by atoms with Crippen molar-refractivity contribution in [2.24, 2.45) is 33.5 Å². The molecule has 1 aromatic rings.